The standard InChI is InChI=1S/C22H23ClN4O2/c1-14(2)10-27-15(3)7-17(16(27)4)8-18(9-24)22(28)29-13-20-12-26-11-19(23)5-6-21(26)25-20/h5-8,11-12,14H,10,13H2,1-4H3. The average Bonchev–Trinajstić information content (AvgIpc) is 3.18. The largest absolute Gasteiger partial charge is 0.455 e. The predicted molar refractivity (Wildman–Crippen MR) is 112 cm³/mol. The van der Waals surface area contributed by atoms with Crippen LogP contribution in [0.25, 0.3) is 11.7 Å². The van der Waals surface area contributed by atoms with Crippen LogP contribution in [0.3, 0.4) is 0 Å². The van der Waals surface area contributed by atoms with Crippen molar-refractivity contribution in [1.29, 1.82) is 5.26 Å². The van der Waals surface area contributed by atoms with Gasteiger partial charge >= 0.3 is 5.97 Å². The van der Waals surface area contributed by atoms with Crippen LogP contribution in [0.1, 0.15) is 36.5 Å². The van der Waals surface area contributed by atoms with Crippen molar-refractivity contribution < 1.29 is 9.53 Å². The molecule has 0 fully saturated rings. The molecule has 3 rings (SSSR count). The number of fused-ring (bicyclic) bond motifs is 1. The number of rotatable bonds is 6. The van der Waals surface area contributed by atoms with E-state index in [1.807, 2.05) is 26.0 Å². The summed E-state index contributed by atoms with van der Waals surface area (Å²) >= 11 is 5.97. The third kappa shape index (κ3) is 4.69. The molecule has 150 valence electrons. The molecule has 0 unspecified atom stereocenters. The maximum atomic E-state index is 12.4. The Morgan fingerprint density at radius 1 is 1.34 bits per heavy atom. The molecule has 3 aromatic rings. The van der Waals surface area contributed by atoms with Crippen LogP contribution in [0.15, 0.2) is 36.2 Å². The fourth-order valence-electron chi connectivity index (χ4n) is 3.22. The topological polar surface area (TPSA) is 72.3 Å². The number of carbonyl (C=O) groups excluding carboxylic acids is 1. The van der Waals surface area contributed by atoms with Gasteiger partial charge < -0.3 is 13.7 Å². The Hall–Kier alpha value is -3.04. The van der Waals surface area contributed by atoms with Gasteiger partial charge in [-0.25, -0.2) is 9.78 Å². The number of aryl methyl sites for hydroxylation is 1. The molecule has 0 spiro atoms. The summed E-state index contributed by atoms with van der Waals surface area (Å²) < 4.78 is 9.26. The molecule has 3 aromatic heterocycles. The van der Waals surface area contributed by atoms with Gasteiger partial charge in [-0.1, -0.05) is 25.4 Å². The van der Waals surface area contributed by atoms with E-state index < -0.39 is 5.97 Å². The molecule has 0 atom stereocenters. The lowest BCUT2D eigenvalue weighted by molar-refractivity contribution is -0.139. The minimum absolute atomic E-state index is 0.0243. The number of hydrogen-bond donors (Lipinski definition) is 0. The van der Waals surface area contributed by atoms with E-state index in [4.69, 9.17) is 16.3 Å². The van der Waals surface area contributed by atoms with Crippen molar-refractivity contribution in [3.8, 4) is 6.07 Å². The third-order valence-corrected chi connectivity index (χ3v) is 4.84. The highest BCUT2D eigenvalue weighted by molar-refractivity contribution is 6.30. The molecular weight excluding hydrogens is 388 g/mol. The van der Waals surface area contributed by atoms with Crippen LogP contribution in [-0.4, -0.2) is 19.9 Å². The van der Waals surface area contributed by atoms with Crippen molar-refractivity contribution in [2.45, 2.75) is 40.8 Å². The number of carbonyl (C=O) groups is 1. The summed E-state index contributed by atoms with van der Waals surface area (Å²) in [5, 5.41) is 10.0. The van der Waals surface area contributed by atoms with Gasteiger partial charge in [-0.2, -0.15) is 5.26 Å². The van der Waals surface area contributed by atoms with Gasteiger partial charge in [0.05, 0.1) is 10.7 Å². The molecule has 6 nitrogen and oxygen atoms in total. The van der Waals surface area contributed by atoms with Gasteiger partial charge in [0, 0.05) is 30.3 Å². The van der Waals surface area contributed by atoms with Crippen LogP contribution in [0.2, 0.25) is 5.02 Å². The first-order valence-electron chi connectivity index (χ1n) is 9.37. The van der Waals surface area contributed by atoms with Crippen LogP contribution in [0, 0.1) is 31.1 Å². The van der Waals surface area contributed by atoms with Gasteiger partial charge in [0.1, 0.15) is 23.9 Å². The van der Waals surface area contributed by atoms with Crippen LogP contribution in [-0.2, 0) is 22.7 Å². The van der Waals surface area contributed by atoms with Crippen molar-refractivity contribution in [2.75, 3.05) is 0 Å². The maximum absolute atomic E-state index is 12.4. The SMILES string of the molecule is Cc1cc(C=C(C#N)C(=O)OCc2cn3cc(Cl)ccc3n2)c(C)n1CC(C)C. The number of esters is 1. The van der Waals surface area contributed by atoms with Gasteiger partial charge in [-0.15, -0.1) is 0 Å². The molecule has 0 aliphatic heterocycles. The molecule has 0 aliphatic carbocycles. The van der Waals surface area contributed by atoms with Crippen molar-refractivity contribution in [3.63, 3.8) is 0 Å². The van der Waals surface area contributed by atoms with Crippen LogP contribution >= 0.6 is 11.6 Å². The quantitative estimate of drug-likeness (QED) is 0.335. The van der Waals surface area contributed by atoms with E-state index in [-0.39, 0.29) is 12.2 Å². The van der Waals surface area contributed by atoms with E-state index in [1.165, 1.54) is 0 Å². The van der Waals surface area contributed by atoms with E-state index in [2.05, 4.69) is 23.4 Å². The van der Waals surface area contributed by atoms with Gasteiger partial charge in [-0.05, 0) is 49.6 Å². The predicted octanol–water partition coefficient (Wildman–Crippen LogP) is 4.71. The molecule has 0 radical (unpaired) electrons. The number of imidazole rings is 1. The second-order valence-corrected chi connectivity index (χ2v) is 7.86. The Labute approximate surface area is 175 Å². The zero-order valence-electron chi connectivity index (χ0n) is 16.9. The normalized spacial score (nSPS) is 11.8. The smallest absolute Gasteiger partial charge is 0.349 e. The molecule has 0 saturated carbocycles. The second kappa shape index (κ2) is 8.54. The summed E-state index contributed by atoms with van der Waals surface area (Å²) in [4.78, 5) is 16.8. The molecule has 7 heteroatoms. The van der Waals surface area contributed by atoms with E-state index in [0.29, 0.717) is 22.3 Å². The number of halogens is 1. The molecule has 0 saturated heterocycles. The monoisotopic (exact) mass is 410 g/mol. The number of nitrogens with zero attached hydrogens (tertiary/aromatic N) is 4. The van der Waals surface area contributed by atoms with E-state index in [0.717, 1.165) is 23.5 Å². The molecule has 0 aromatic carbocycles. The fourth-order valence-corrected chi connectivity index (χ4v) is 3.38. The summed E-state index contributed by atoms with van der Waals surface area (Å²) in [6, 6.07) is 7.45. The Morgan fingerprint density at radius 2 is 2.10 bits per heavy atom. The van der Waals surface area contributed by atoms with Crippen LogP contribution in [0.5, 0.6) is 0 Å². The van der Waals surface area contributed by atoms with Gasteiger partial charge in [0.25, 0.3) is 0 Å². The van der Waals surface area contributed by atoms with Crippen LogP contribution < -0.4 is 0 Å². The highest BCUT2D eigenvalue weighted by atomic mass is 35.5. The average molecular weight is 411 g/mol. The van der Waals surface area contributed by atoms with Crippen molar-refractivity contribution in [1.82, 2.24) is 14.0 Å². The number of ether oxygens (including phenoxy) is 1. The Balaban J connectivity index is 1.75. The van der Waals surface area contributed by atoms with Crippen molar-refractivity contribution in [2.24, 2.45) is 5.92 Å². The minimum Gasteiger partial charge on any atom is -0.455 e. The van der Waals surface area contributed by atoms with Gasteiger partial charge in [0.2, 0.25) is 0 Å². The van der Waals surface area contributed by atoms with Crippen molar-refractivity contribution in [3.05, 3.63) is 63.8 Å². The van der Waals surface area contributed by atoms with E-state index in [9.17, 15) is 10.1 Å². The molecule has 0 bridgehead atoms. The first-order chi connectivity index (χ1) is 13.8. The Bertz CT molecular complexity index is 1130. The third-order valence-electron chi connectivity index (χ3n) is 4.62. The lowest BCUT2D eigenvalue weighted by atomic mass is 10.1. The zero-order chi connectivity index (χ0) is 21.1. The van der Waals surface area contributed by atoms with Crippen molar-refractivity contribution >= 4 is 29.3 Å². The maximum Gasteiger partial charge on any atom is 0.349 e. The molecule has 0 N–H and O–H groups in total. The molecule has 0 amide bonds. The lowest BCUT2D eigenvalue weighted by Gasteiger charge is -2.12. The molecular formula is C22H23ClN4O2. The minimum atomic E-state index is -0.670. The second-order valence-electron chi connectivity index (χ2n) is 7.42. The summed E-state index contributed by atoms with van der Waals surface area (Å²) in [7, 11) is 0. The Kier molecular flexibility index (Phi) is 6.09. The summed E-state index contributed by atoms with van der Waals surface area (Å²) in [6.07, 6.45) is 5.05. The highest BCUT2D eigenvalue weighted by Gasteiger charge is 2.15. The first kappa shape index (κ1) is 20.7. The molecule has 29 heavy (non-hydrogen) atoms. The zero-order valence-corrected chi connectivity index (χ0v) is 17.7. The Morgan fingerprint density at radius 3 is 2.79 bits per heavy atom. The first-order valence-corrected chi connectivity index (χ1v) is 9.75. The summed E-state index contributed by atoms with van der Waals surface area (Å²) in [5.41, 5.74) is 4.20. The van der Waals surface area contributed by atoms with Gasteiger partial charge in [0.15, 0.2) is 0 Å². The highest BCUT2D eigenvalue weighted by Crippen LogP contribution is 2.20. The van der Waals surface area contributed by atoms with E-state index >= 15 is 0 Å². The summed E-state index contributed by atoms with van der Waals surface area (Å²) in [5.74, 6) is -0.173. The molecule has 3 heterocycles. The number of aromatic nitrogens is 3. The number of hydrogen-bond acceptors (Lipinski definition) is 4. The lowest BCUT2D eigenvalue weighted by Crippen LogP contribution is -2.08. The molecule has 0 aliphatic rings. The fraction of sp³-hybridized carbons (Fsp3) is 0.318. The number of pyridine rings is 1. The van der Waals surface area contributed by atoms with Crippen LogP contribution in [0.4, 0.5) is 0 Å². The summed E-state index contributed by atoms with van der Waals surface area (Å²) in [6.45, 7) is 9.18. The van der Waals surface area contributed by atoms with E-state index in [1.54, 1.807) is 35.0 Å². The van der Waals surface area contributed by atoms with Gasteiger partial charge in [-0.3, -0.25) is 0 Å². The number of nitriles is 1.